The molecule has 2 saturated carbocycles. The van der Waals surface area contributed by atoms with E-state index in [1.807, 2.05) is 50.3 Å². The van der Waals surface area contributed by atoms with E-state index < -0.39 is 17.1 Å². The van der Waals surface area contributed by atoms with Gasteiger partial charge in [0.25, 0.3) is 11.5 Å². The molecule has 50 heavy (non-hydrogen) atoms. The number of pyridine rings is 1. The summed E-state index contributed by atoms with van der Waals surface area (Å²) in [6.07, 6.45) is 10.6. The van der Waals surface area contributed by atoms with Gasteiger partial charge in [0.15, 0.2) is 0 Å². The van der Waals surface area contributed by atoms with Gasteiger partial charge in [0.2, 0.25) is 12.3 Å². The van der Waals surface area contributed by atoms with E-state index in [-0.39, 0.29) is 34.5 Å². The number of hydrogen-bond acceptors (Lipinski definition) is 6. The Morgan fingerprint density at radius 1 is 1.08 bits per heavy atom. The molecule has 2 aromatic carbocycles. The summed E-state index contributed by atoms with van der Waals surface area (Å²) in [5, 5.41) is 3.94. The summed E-state index contributed by atoms with van der Waals surface area (Å²) in [7, 11) is -1.08. The van der Waals surface area contributed by atoms with Gasteiger partial charge < -0.3 is 19.9 Å². The number of H-pyrrole nitrogens is 1. The van der Waals surface area contributed by atoms with Crippen molar-refractivity contribution >= 4 is 40.1 Å². The van der Waals surface area contributed by atoms with Crippen LogP contribution in [0.5, 0.6) is 0 Å². The number of unbranched alkanes of at least 4 members (excludes halogenated alkanes) is 2. The molecule has 12 heteroatoms. The third-order valence-corrected chi connectivity index (χ3v) is 9.57. The number of nitrogens with one attached hydrogen (secondary N) is 3. The molecular weight excluding hydrogens is 660 g/mol. The number of fused-ring (bicyclic) bond motifs is 1. The zero-order valence-corrected chi connectivity index (χ0v) is 30.1. The van der Waals surface area contributed by atoms with Gasteiger partial charge in [-0.25, -0.2) is 8.60 Å². The number of likely N-dealkylation sites (tertiary alicyclic amines) is 1. The summed E-state index contributed by atoms with van der Waals surface area (Å²) >= 11 is 0. The summed E-state index contributed by atoms with van der Waals surface area (Å²) in [6, 6.07) is 15.4. The first-order valence-corrected chi connectivity index (χ1v) is 18.7. The fraction of sp³-hybridized carbons (Fsp3) is 0.474. The standard InChI is InChI=1S/C17H28N2O3.C15H10FNO.C4H7NO2S.C2H6/c1-3-4-5-6-12-22-13(2)17(21)19-11-7-8-15(19)16(20)18-14-9-10-14;16-12-6-7-14-11(8-12)9-13(15(18)17-14)10-4-2-1-3-5-10;6-3-5-8(7)4-1-2-4;1-2/h3,13-15H,1,4-12H2,2H3,(H,18,20);1-9H,(H,17,18);3-4H,1-2H2,(H,5,6);1-2H3/t13-,15?;;;/m1.../s1. The molecule has 10 nitrogen and oxygen atoms in total. The van der Waals surface area contributed by atoms with Crippen molar-refractivity contribution in [2.45, 2.75) is 102 Å². The van der Waals surface area contributed by atoms with Crippen LogP contribution in [0, 0.1) is 5.82 Å². The van der Waals surface area contributed by atoms with E-state index >= 15 is 0 Å². The topological polar surface area (TPSA) is 138 Å². The van der Waals surface area contributed by atoms with E-state index in [9.17, 15) is 27.8 Å². The van der Waals surface area contributed by atoms with Gasteiger partial charge in [0.1, 0.15) is 28.9 Å². The van der Waals surface area contributed by atoms with Crippen molar-refractivity contribution in [3.8, 4) is 11.1 Å². The molecule has 3 atom stereocenters. The van der Waals surface area contributed by atoms with Crippen molar-refractivity contribution in [2.75, 3.05) is 13.2 Å². The third kappa shape index (κ3) is 12.9. The Kier molecular flexibility index (Phi) is 17.0. The van der Waals surface area contributed by atoms with Crippen molar-refractivity contribution in [2.24, 2.45) is 0 Å². The van der Waals surface area contributed by atoms with E-state index in [1.165, 1.54) is 12.1 Å². The highest BCUT2D eigenvalue weighted by Crippen LogP contribution is 2.25. The maximum absolute atomic E-state index is 13.2. The zero-order chi connectivity index (χ0) is 36.5. The minimum absolute atomic E-state index is 0.00605. The van der Waals surface area contributed by atoms with Crippen molar-refractivity contribution < 1.29 is 27.7 Å². The molecule has 3 fully saturated rings. The molecule has 2 aliphatic carbocycles. The first-order chi connectivity index (χ1) is 24.2. The third-order valence-electron chi connectivity index (χ3n) is 8.16. The van der Waals surface area contributed by atoms with Crippen LogP contribution in [0.4, 0.5) is 4.39 Å². The molecule has 3 aliphatic rings. The maximum Gasteiger partial charge on any atom is 0.256 e. The highest BCUT2D eigenvalue weighted by atomic mass is 32.2. The van der Waals surface area contributed by atoms with Crippen LogP contribution in [0.25, 0.3) is 22.0 Å². The second-order valence-corrected chi connectivity index (χ2v) is 13.6. The average molecular weight is 711 g/mol. The molecule has 1 aliphatic heterocycles. The molecule has 0 radical (unpaired) electrons. The number of aromatic amines is 1. The molecule has 0 bridgehead atoms. The number of ether oxygens (including phenoxy) is 1. The van der Waals surface area contributed by atoms with Crippen LogP contribution in [-0.2, 0) is 30.1 Å². The first kappa shape index (κ1) is 40.3. The number of carbonyl (C=O) groups is 3. The molecule has 3 amide bonds. The van der Waals surface area contributed by atoms with Gasteiger partial charge in [-0.15, -0.1) is 6.58 Å². The number of aromatic nitrogens is 1. The molecule has 3 N–H and O–H groups in total. The lowest BCUT2D eigenvalue weighted by molar-refractivity contribution is -0.147. The van der Waals surface area contributed by atoms with Crippen LogP contribution in [0.1, 0.15) is 78.6 Å². The van der Waals surface area contributed by atoms with Gasteiger partial charge in [0.05, 0.1) is 5.25 Å². The summed E-state index contributed by atoms with van der Waals surface area (Å²) in [5.41, 5.74) is 1.85. The Hall–Kier alpha value is -4.16. The lowest BCUT2D eigenvalue weighted by Crippen LogP contribution is -2.49. The van der Waals surface area contributed by atoms with E-state index in [4.69, 9.17) is 4.74 Å². The number of hydrogen-bond donors (Lipinski definition) is 3. The van der Waals surface area contributed by atoms with Crippen LogP contribution in [0.15, 0.2) is 72.0 Å². The Balaban J connectivity index is 0.000000216. The van der Waals surface area contributed by atoms with E-state index in [2.05, 4.69) is 21.6 Å². The van der Waals surface area contributed by atoms with Crippen LogP contribution in [0.2, 0.25) is 0 Å². The Morgan fingerprint density at radius 3 is 2.44 bits per heavy atom. The van der Waals surface area contributed by atoms with Crippen molar-refractivity contribution in [3.63, 3.8) is 0 Å². The largest absolute Gasteiger partial charge is 0.369 e. The Morgan fingerprint density at radius 2 is 1.80 bits per heavy atom. The predicted octanol–water partition coefficient (Wildman–Crippen LogP) is 5.94. The Labute approximate surface area is 296 Å². The van der Waals surface area contributed by atoms with Crippen LogP contribution in [-0.4, -0.2) is 68.9 Å². The van der Waals surface area contributed by atoms with Gasteiger partial charge in [-0.05, 0) is 94.5 Å². The number of allylic oxidation sites excluding steroid dienone is 1. The molecule has 2 heterocycles. The predicted molar refractivity (Wildman–Crippen MR) is 197 cm³/mol. The van der Waals surface area contributed by atoms with Crippen molar-refractivity contribution in [1.29, 1.82) is 0 Å². The van der Waals surface area contributed by atoms with E-state index in [0.717, 1.165) is 63.4 Å². The average Bonchev–Trinajstić information content (AvgIpc) is 4.08. The molecule has 272 valence electrons. The lowest BCUT2D eigenvalue weighted by atomic mass is 10.1. The minimum Gasteiger partial charge on any atom is -0.369 e. The maximum atomic E-state index is 13.2. The minimum atomic E-state index is -1.08. The van der Waals surface area contributed by atoms with E-state index in [0.29, 0.717) is 42.1 Å². The normalized spacial score (nSPS) is 17.4. The second-order valence-electron chi connectivity index (χ2n) is 12.1. The lowest BCUT2D eigenvalue weighted by Gasteiger charge is -2.26. The molecule has 2 unspecified atom stereocenters. The summed E-state index contributed by atoms with van der Waals surface area (Å²) < 4.78 is 31.6. The van der Waals surface area contributed by atoms with Crippen molar-refractivity contribution in [1.82, 2.24) is 19.9 Å². The number of carbonyl (C=O) groups excluding carboxylic acids is 3. The Bertz CT molecular complexity index is 1630. The fourth-order valence-corrected chi connectivity index (χ4v) is 6.07. The number of nitrogens with zero attached hydrogens (tertiary/aromatic N) is 1. The number of rotatable bonds is 13. The quantitative estimate of drug-likeness (QED) is 0.114. The zero-order valence-electron chi connectivity index (χ0n) is 29.3. The molecule has 0 spiro atoms. The summed E-state index contributed by atoms with van der Waals surface area (Å²) in [6.45, 7) is 10.7. The number of amides is 3. The van der Waals surface area contributed by atoms with Gasteiger partial charge in [-0.2, -0.15) is 0 Å². The van der Waals surface area contributed by atoms with Gasteiger partial charge in [0, 0.05) is 35.7 Å². The van der Waals surface area contributed by atoms with Gasteiger partial charge in [-0.3, -0.25) is 23.9 Å². The molecule has 1 saturated heterocycles. The second kappa shape index (κ2) is 21.1. The summed E-state index contributed by atoms with van der Waals surface area (Å²) in [5.74, 6) is -0.364. The van der Waals surface area contributed by atoms with Gasteiger partial charge >= 0.3 is 0 Å². The summed E-state index contributed by atoms with van der Waals surface area (Å²) in [4.78, 5) is 50.8. The smallest absolute Gasteiger partial charge is 0.256 e. The molecule has 6 rings (SSSR count). The molecule has 3 aromatic rings. The van der Waals surface area contributed by atoms with Gasteiger partial charge in [-0.1, -0.05) is 50.3 Å². The molecule has 1 aromatic heterocycles. The van der Waals surface area contributed by atoms with Crippen LogP contribution < -0.4 is 15.6 Å². The van der Waals surface area contributed by atoms with Crippen LogP contribution in [0.3, 0.4) is 0 Å². The number of benzene rings is 2. The van der Waals surface area contributed by atoms with Crippen LogP contribution >= 0.6 is 0 Å². The van der Waals surface area contributed by atoms with Crippen molar-refractivity contribution in [3.05, 3.63) is 83.4 Å². The molecular formula is C38H51FN4O6S. The SMILES string of the molecule is C=CCCCCO[C@H](C)C(=O)N1CCCC1C(=O)NC1CC1.CC.O=CNS(=O)C1CC1.O=c1[nH]c2ccc(F)cc2cc1-c1ccccc1. The monoisotopic (exact) mass is 710 g/mol. The fourth-order valence-electron chi connectivity index (χ4n) is 5.22. The first-order valence-electron chi connectivity index (χ1n) is 17.5. The number of halogens is 1. The van der Waals surface area contributed by atoms with E-state index in [1.54, 1.807) is 24.0 Å². The highest BCUT2D eigenvalue weighted by Gasteiger charge is 2.38. The highest BCUT2D eigenvalue weighted by molar-refractivity contribution is 7.84.